The van der Waals surface area contributed by atoms with Crippen LogP contribution in [0.4, 0.5) is 0 Å². The van der Waals surface area contributed by atoms with Gasteiger partial charge in [0.25, 0.3) is 11.8 Å². The summed E-state index contributed by atoms with van der Waals surface area (Å²) in [4.78, 5) is 29.7. The fraction of sp³-hybridized carbons (Fsp3) is 0.167. The summed E-state index contributed by atoms with van der Waals surface area (Å²) in [7, 11) is 0. The topological polar surface area (TPSA) is 84.2 Å². The second-order valence-corrected chi connectivity index (χ2v) is 7.24. The van der Waals surface area contributed by atoms with E-state index in [1.54, 1.807) is 37.6 Å². The van der Waals surface area contributed by atoms with Gasteiger partial charge in [0.1, 0.15) is 11.5 Å². The quantitative estimate of drug-likeness (QED) is 0.515. The van der Waals surface area contributed by atoms with Crippen LogP contribution in [0.25, 0.3) is 0 Å². The molecule has 0 saturated heterocycles. The van der Waals surface area contributed by atoms with E-state index in [1.165, 1.54) is 23.1 Å². The number of hydrazine groups is 1. The van der Waals surface area contributed by atoms with Crippen molar-refractivity contribution in [3.05, 3.63) is 69.6 Å². The van der Waals surface area contributed by atoms with Crippen molar-refractivity contribution in [3.63, 3.8) is 0 Å². The molecular weight excluding hydrogens is 370 g/mol. The number of aromatic nitrogens is 1. The molecule has 0 aliphatic heterocycles. The summed E-state index contributed by atoms with van der Waals surface area (Å²) >= 11 is 3.06. The minimum absolute atomic E-state index is 0.377. The van der Waals surface area contributed by atoms with Gasteiger partial charge in [0.2, 0.25) is 0 Å². The predicted molar refractivity (Wildman–Crippen MR) is 101 cm³/mol. The molecule has 2 amide bonds. The maximum atomic E-state index is 12.5. The molecule has 26 heavy (non-hydrogen) atoms. The Bertz CT molecular complexity index is 920. The number of nitrogens with zero attached hydrogens (tertiary/aromatic N) is 1. The van der Waals surface area contributed by atoms with Gasteiger partial charge in [-0.2, -0.15) is 0 Å². The molecule has 0 radical (unpaired) electrons. The Morgan fingerprint density at radius 3 is 2.54 bits per heavy atom. The SMILES string of the molecule is Cc1cc(C(=O)NNC(=O)c2ccccc2SCc2cscn2)c(C)o1. The van der Waals surface area contributed by atoms with E-state index in [0.717, 1.165) is 10.6 Å². The van der Waals surface area contributed by atoms with Gasteiger partial charge in [-0.25, -0.2) is 4.98 Å². The maximum Gasteiger partial charge on any atom is 0.273 e. The molecule has 0 unspecified atom stereocenters. The van der Waals surface area contributed by atoms with Gasteiger partial charge in [-0.3, -0.25) is 20.4 Å². The molecule has 134 valence electrons. The van der Waals surface area contributed by atoms with Gasteiger partial charge in [-0.15, -0.1) is 23.1 Å². The maximum absolute atomic E-state index is 12.5. The summed E-state index contributed by atoms with van der Waals surface area (Å²) in [6.07, 6.45) is 0. The molecule has 0 aliphatic carbocycles. The van der Waals surface area contributed by atoms with Crippen LogP contribution in [-0.4, -0.2) is 16.8 Å². The molecule has 0 fully saturated rings. The second-order valence-electron chi connectivity index (χ2n) is 5.50. The number of aryl methyl sites for hydroxylation is 2. The number of carbonyl (C=O) groups excluding carboxylic acids is 2. The lowest BCUT2D eigenvalue weighted by molar-refractivity contribution is 0.0844. The molecule has 3 rings (SSSR count). The zero-order valence-electron chi connectivity index (χ0n) is 14.2. The zero-order chi connectivity index (χ0) is 18.5. The van der Waals surface area contributed by atoms with E-state index in [9.17, 15) is 9.59 Å². The highest BCUT2D eigenvalue weighted by molar-refractivity contribution is 7.98. The van der Waals surface area contributed by atoms with E-state index < -0.39 is 5.91 Å². The largest absolute Gasteiger partial charge is 0.466 e. The summed E-state index contributed by atoms with van der Waals surface area (Å²) < 4.78 is 5.33. The molecule has 8 heteroatoms. The number of rotatable bonds is 5. The van der Waals surface area contributed by atoms with Crippen molar-refractivity contribution in [2.24, 2.45) is 0 Å². The number of hydrogen-bond acceptors (Lipinski definition) is 6. The highest BCUT2D eigenvalue weighted by atomic mass is 32.2. The molecule has 3 aromatic rings. The van der Waals surface area contributed by atoms with Gasteiger partial charge in [-0.1, -0.05) is 12.1 Å². The van der Waals surface area contributed by atoms with Crippen LogP contribution in [0.1, 0.15) is 37.9 Å². The average Bonchev–Trinajstić information content (AvgIpc) is 3.27. The third-order valence-corrected chi connectivity index (χ3v) is 5.31. The fourth-order valence-corrected chi connectivity index (χ4v) is 3.96. The van der Waals surface area contributed by atoms with E-state index in [-0.39, 0.29) is 5.91 Å². The molecule has 2 N–H and O–H groups in total. The van der Waals surface area contributed by atoms with E-state index in [0.29, 0.717) is 28.4 Å². The Hall–Kier alpha value is -2.58. The Balaban J connectivity index is 1.64. The highest BCUT2D eigenvalue weighted by Crippen LogP contribution is 2.26. The fourth-order valence-electron chi connectivity index (χ4n) is 2.35. The number of thiazole rings is 1. The van der Waals surface area contributed by atoms with Crippen LogP contribution in [0.2, 0.25) is 0 Å². The van der Waals surface area contributed by atoms with Crippen molar-refractivity contribution in [2.45, 2.75) is 24.5 Å². The standard InChI is InChI=1S/C18H17N3O3S2/c1-11-7-15(12(2)24-11)18(23)21-20-17(22)14-5-3-4-6-16(14)26-9-13-8-25-10-19-13/h3-8,10H,9H2,1-2H3,(H,20,22)(H,21,23). The molecule has 0 aliphatic rings. The van der Waals surface area contributed by atoms with Crippen molar-refractivity contribution < 1.29 is 14.0 Å². The third-order valence-electron chi connectivity index (χ3n) is 3.57. The first-order valence-corrected chi connectivity index (χ1v) is 9.74. The first kappa shape index (κ1) is 18.2. The zero-order valence-corrected chi connectivity index (χ0v) is 15.9. The van der Waals surface area contributed by atoms with E-state index in [2.05, 4.69) is 15.8 Å². The summed E-state index contributed by atoms with van der Waals surface area (Å²) in [5.74, 6) is 1.03. The Morgan fingerprint density at radius 2 is 1.88 bits per heavy atom. The molecule has 0 bridgehead atoms. The smallest absolute Gasteiger partial charge is 0.273 e. The summed E-state index contributed by atoms with van der Waals surface area (Å²) in [5, 5.41) is 1.98. The van der Waals surface area contributed by atoms with Crippen molar-refractivity contribution >= 4 is 34.9 Å². The monoisotopic (exact) mass is 387 g/mol. The van der Waals surface area contributed by atoms with Gasteiger partial charge in [0.05, 0.1) is 22.3 Å². The minimum atomic E-state index is -0.416. The first-order chi connectivity index (χ1) is 12.5. The average molecular weight is 387 g/mol. The van der Waals surface area contributed by atoms with Gasteiger partial charge in [0.15, 0.2) is 0 Å². The van der Waals surface area contributed by atoms with Crippen LogP contribution in [0.3, 0.4) is 0 Å². The van der Waals surface area contributed by atoms with Crippen LogP contribution in [0, 0.1) is 13.8 Å². The van der Waals surface area contributed by atoms with Crippen LogP contribution >= 0.6 is 23.1 Å². The molecule has 6 nitrogen and oxygen atoms in total. The van der Waals surface area contributed by atoms with Crippen LogP contribution in [-0.2, 0) is 5.75 Å². The molecule has 2 heterocycles. The molecule has 2 aromatic heterocycles. The molecule has 0 atom stereocenters. The number of hydrogen-bond donors (Lipinski definition) is 2. The first-order valence-electron chi connectivity index (χ1n) is 7.81. The lowest BCUT2D eigenvalue weighted by atomic mass is 10.2. The summed E-state index contributed by atoms with van der Waals surface area (Å²) in [6, 6.07) is 8.88. The van der Waals surface area contributed by atoms with Crippen molar-refractivity contribution in [2.75, 3.05) is 0 Å². The lowest BCUT2D eigenvalue weighted by Crippen LogP contribution is -2.41. The summed E-state index contributed by atoms with van der Waals surface area (Å²) in [6.45, 7) is 3.46. The van der Waals surface area contributed by atoms with E-state index in [1.807, 2.05) is 17.5 Å². The molecular formula is C18H17N3O3S2. The van der Waals surface area contributed by atoms with Crippen LogP contribution in [0.5, 0.6) is 0 Å². The van der Waals surface area contributed by atoms with Crippen molar-refractivity contribution in [1.82, 2.24) is 15.8 Å². The number of amides is 2. The highest BCUT2D eigenvalue weighted by Gasteiger charge is 2.16. The summed E-state index contributed by atoms with van der Waals surface area (Å²) in [5.41, 5.74) is 8.53. The number of thioether (sulfide) groups is 1. The number of nitrogens with one attached hydrogen (secondary N) is 2. The van der Waals surface area contributed by atoms with Gasteiger partial charge >= 0.3 is 0 Å². The van der Waals surface area contributed by atoms with E-state index >= 15 is 0 Å². The number of furan rings is 1. The number of benzene rings is 1. The Labute approximate surface area is 159 Å². The lowest BCUT2D eigenvalue weighted by Gasteiger charge is -2.10. The minimum Gasteiger partial charge on any atom is -0.466 e. The van der Waals surface area contributed by atoms with Gasteiger partial charge < -0.3 is 4.42 Å². The molecule has 0 saturated carbocycles. The van der Waals surface area contributed by atoms with Gasteiger partial charge in [-0.05, 0) is 32.0 Å². The molecule has 0 spiro atoms. The predicted octanol–water partition coefficient (Wildman–Crippen LogP) is 3.72. The second kappa shape index (κ2) is 8.20. The van der Waals surface area contributed by atoms with Crippen molar-refractivity contribution in [1.29, 1.82) is 0 Å². The normalized spacial score (nSPS) is 10.5. The molecule has 1 aromatic carbocycles. The van der Waals surface area contributed by atoms with Gasteiger partial charge in [0, 0.05) is 16.0 Å². The van der Waals surface area contributed by atoms with Crippen LogP contribution < -0.4 is 10.9 Å². The third kappa shape index (κ3) is 4.33. The Morgan fingerprint density at radius 1 is 1.15 bits per heavy atom. The van der Waals surface area contributed by atoms with E-state index in [4.69, 9.17) is 4.42 Å². The Kier molecular flexibility index (Phi) is 5.75. The van der Waals surface area contributed by atoms with Crippen molar-refractivity contribution in [3.8, 4) is 0 Å². The van der Waals surface area contributed by atoms with Crippen LogP contribution in [0.15, 0.2) is 50.5 Å². The number of carbonyl (C=O) groups is 2.